The molecule has 1 aromatic carbocycles. The number of hydrogen-bond acceptors (Lipinski definition) is 6. The number of aromatic nitrogens is 3. The summed E-state index contributed by atoms with van der Waals surface area (Å²) in [5.41, 5.74) is -1.04. The Kier molecular flexibility index (Phi) is 7.09. The number of aryl methyl sites for hydroxylation is 1. The van der Waals surface area contributed by atoms with Gasteiger partial charge in [-0.15, -0.1) is 0 Å². The molecule has 1 unspecified atom stereocenters. The highest BCUT2D eigenvalue weighted by molar-refractivity contribution is 8.00. The summed E-state index contributed by atoms with van der Waals surface area (Å²) in [6.45, 7) is 3.61. The minimum atomic E-state index is -4.81. The van der Waals surface area contributed by atoms with Crippen molar-refractivity contribution < 1.29 is 23.1 Å². The number of pyridine rings is 1. The number of anilines is 1. The highest BCUT2D eigenvalue weighted by Crippen LogP contribution is 2.35. The molecule has 4 rings (SSSR count). The summed E-state index contributed by atoms with van der Waals surface area (Å²) in [6, 6.07) is 6.60. The van der Waals surface area contributed by atoms with Gasteiger partial charge in [0.1, 0.15) is 11.9 Å². The number of nitrogens with one attached hydrogen (secondary N) is 2. The lowest BCUT2D eigenvalue weighted by Crippen LogP contribution is -2.54. The second kappa shape index (κ2) is 9.62. The van der Waals surface area contributed by atoms with Gasteiger partial charge in [-0.2, -0.15) is 30.0 Å². The zero-order chi connectivity index (χ0) is 25.5. The topological polar surface area (TPSA) is 92.1 Å². The fraction of sp³-hybridized carbons (Fsp3) is 0.318. The van der Waals surface area contributed by atoms with Gasteiger partial charge in [0, 0.05) is 39.9 Å². The van der Waals surface area contributed by atoms with Crippen molar-refractivity contribution in [1.82, 2.24) is 20.1 Å². The van der Waals surface area contributed by atoms with E-state index >= 15 is 0 Å². The van der Waals surface area contributed by atoms with Crippen molar-refractivity contribution in [2.75, 3.05) is 16.8 Å². The number of alkyl halides is 3. The smallest absolute Gasteiger partial charge is 0.374 e. The molecule has 35 heavy (non-hydrogen) atoms. The van der Waals surface area contributed by atoms with Gasteiger partial charge in [0.05, 0.1) is 10.7 Å². The van der Waals surface area contributed by atoms with Crippen molar-refractivity contribution in [2.45, 2.75) is 31.8 Å². The number of thioether (sulfide) groups is 1. The molecule has 2 aromatic heterocycles. The number of rotatable bonds is 6. The van der Waals surface area contributed by atoms with Crippen LogP contribution in [0.4, 0.5) is 18.9 Å². The van der Waals surface area contributed by atoms with Crippen molar-refractivity contribution in [1.29, 1.82) is 0 Å². The zero-order valence-corrected chi connectivity index (χ0v) is 20.8. The lowest BCUT2D eigenvalue weighted by atomic mass is 10.0. The van der Waals surface area contributed by atoms with Gasteiger partial charge in [-0.05, 0) is 43.7 Å². The SMILES string of the molecule is Cc1cc(Cl)cc(C(O)NC2(C)CSC2)c1NC(=O)c1cc(C(F)(F)F)nn1-c1ncccc1Cl. The Morgan fingerprint density at radius 3 is 2.60 bits per heavy atom. The van der Waals surface area contributed by atoms with E-state index in [0.29, 0.717) is 16.7 Å². The van der Waals surface area contributed by atoms with Gasteiger partial charge >= 0.3 is 6.18 Å². The van der Waals surface area contributed by atoms with Crippen LogP contribution in [0, 0.1) is 6.92 Å². The molecule has 0 aliphatic carbocycles. The Labute approximate surface area is 213 Å². The van der Waals surface area contributed by atoms with E-state index in [9.17, 15) is 23.1 Å². The van der Waals surface area contributed by atoms with E-state index in [1.807, 2.05) is 6.92 Å². The quantitative estimate of drug-likeness (QED) is 0.367. The Hall–Kier alpha value is -2.31. The van der Waals surface area contributed by atoms with Crippen LogP contribution in [-0.4, -0.2) is 42.8 Å². The molecule has 0 saturated carbocycles. The average molecular weight is 546 g/mol. The Bertz CT molecular complexity index is 1280. The van der Waals surface area contributed by atoms with Crippen molar-refractivity contribution in [2.24, 2.45) is 0 Å². The first-order valence-corrected chi connectivity index (χ1v) is 12.2. The van der Waals surface area contributed by atoms with Crippen molar-refractivity contribution in [3.8, 4) is 5.82 Å². The lowest BCUT2D eigenvalue weighted by Gasteiger charge is -2.40. The number of amides is 1. The standard InChI is InChI=1S/C22H20Cl2F3N5O2S/c1-11-6-12(23)7-13(19(33)30-21(2)9-35-10-21)17(11)29-20(34)15-8-16(22(25,26)27)31-32(15)18-14(24)4-3-5-28-18/h3-8,19,30,33H,9-10H2,1-2H3,(H,29,34). The number of aliphatic hydroxyl groups excluding tert-OH is 1. The van der Waals surface area contributed by atoms with E-state index in [1.165, 1.54) is 24.4 Å². The number of nitrogens with zero attached hydrogens (tertiary/aromatic N) is 3. The number of benzene rings is 1. The van der Waals surface area contributed by atoms with Gasteiger partial charge in [0.25, 0.3) is 5.91 Å². The molecule has 1 aliphatic heterocycles. The van der Waals surface area contributed by atoms with Crippen LogP contribution < -0.4 is 10.6 Å². The molecule has 1 saturated heterocycles. The van der Waals surface area contributed by atoms with Crippen LogP contribution >= 0.6 is 35.0 Å². The van der Waals surface area contributed by atoms with Crippen LogP contribution in [0.5, 0.6) is 0 Å². The zero-order valence-electron chi connectivity index (χ0n) is 18.5. The van der Waals surface area contributed by atoms with Gasteiger partial charge in [-0.1, -0.05) is 23.2 Å². The first kappa shape index (κ1) is 25.8. The molecule has 3 heterocycles. The minimum Gasteiger partial charge on any atom is -0.374 e. The fourth-order valence-corrected chi connectivity index (χ4v) is 5.07. The maximum atomic E-state index is 13.4. The van der Waals surface area contributed by atoms with E-state index in [4.69, 9.17) is 23.2 Å². The summed E-state index contributed by atoms with van der Waals surface area (Å²) in [7, 11) is 0. The molecule has 13 heteroatoms. The molecule has 3 aromatic rings. The van der Waals surface area contributed by atoms with Crippen LogP contribution in [0.3, 0.4) is 0 Å². The van der Waals surface area contributed by atoms with Crippen LogP contribution in [0.1, 0.15) is 40.5 Å². The largest absolute Gasteiger partial charge is 0.435 e. The summed E-state index contributed by atoms with van der Waals surface area (Å²) in [4.78, 5) is 17.3. The van der Waals surface area contributed by atoms with Crippen LogP contribution in [0.15, 0.2) is 36.5 Å². The normalized spacial score (nSPS) is 16.0. The van der Waals surface area contributed by atoms with E-state index in [1.54, 1.807) is 24.8 Å². The van der Waals surface area contributed by atoms with E-state index < -0.39 is 29.7 Å². The molecule has 3 N–H and O–H groups in total. The highest BCUT2D eigenvalue weighted by Gasteiger charge is 2.37. The first-order valence-electron chi connectivity index (χ1n) is 10.3. The van der Waals surface area contributed by atoms with Crippen molar-refractivity contribution in [3.63, 3.8) is 0 Å². The van der Waals surface area contributed by atoms with Crippen LogP contribution in [-0.2, 0) is 6.18 Å². The maximum absolute atomic E-state index is 13.4. The van der Waals surface area contributed by atoms with Gasteiger partial charge < -0.3 is 10.4 Å². The number of carbonyl (C=O) groups excluding carboxylic acids is 1. The molecule has 0 spiro atoms. The molecule has 1 atom stereocenters. The predicted octanol–water partition coefficient (Wildman–Crippen LogP) is 5.24. The summed E-state index contributed by atoms with van der Waals surface area (Å²) in [5, 5.41) is 20.5. The fourth-order valence-electron chi connectivity index (χ4n) is 3.61. The molecule has 186 valence electrons. The van der Waals surface area contributed by atoms with Gasteiger partial charge in [0.2, 0.25) is 0 Å². The number of halogens is 5. The molecular formula is C22H20Cl2F3N5O2S. The molecule has 1 amide bonds. The monoisotopic (exact) mass is 545 g/mol. The molecule has 0 radical (unpaired) electrons. The van der Waals surface area contributed by atoms with E-state index in [2.05, 4.69) is 20.7 Å². The number of carbonyl (C=O) groups is 1. The second-order valence-corrected chi connectivity index (χ2v) is 10.2. The minimum absolute atomic E-state index is 0.00738. The first-order chi connectivity index (χ1) is 16.4. The molecule has 1 aliphatic rings. The predicted molar refractivity (Wildman–Crippen MR) is 129 cm³/mol. The van der Waals surface area contributed by atoms with Crippen molar-refractivity contribution in [3.05, 3.63) is 69.1 Å². The van der Waals surface area contributed by atoms with E-state index in [0.717, 1.165) is 16.2 Å². The Morgan fingerprint density at radius 1 is 1.29 bits per heavy atom. The average Bonchev–Trinajstić information content (AvgIpc) is 3.20. The summed E-state index contributed by atoms with van der Waals surface area (Å²) >= 11 is 14.0. The van der Waals surface area contributed by atoms with E-state index in [-0.39, 0.29) is 27.6 Å². The van der Waals surface area contributed by atoms with Gasteiger partial charge in [0.15, 0.2) is 11.5 Å². The molecular weight excluding hydrogens is 526 g/mol. The molecule has 0 bridgehead atoms. The summed E-state index contributed by atoms with van der Waals surface area (Å²) in [5.74, 6) is 0.532. The third kappa shape index (κ3) is 5.44. The van der Waals surface area contributed by atoms with Crippen LogP contribution in [0.2, 0.25) is 10.0 Å². The Morgan fingerprint density at radius 2 is 2.00 bits per heavy atom. The highest BCUT2D eigenvalue weighted by atomic mass is 35.5. The summed E-state index contributed by atoms with van der Waals surface area (Å²) < 4.78 is 41.1. The number of aliphatic hydroxyl groups is 1. The Balaban J connectivity index is 1.74. The maximum Gasteiger partial charge on any atom is 0.435 e. The van der Waals surface area contributed by atoms with Crippen LogP contribution in [0.25, 0.3) is 5.82 Å². The third-order valence-electron chi connectivity index (χ3n) is 5.36. The summed E-state index contributed by atoms with van der Waals surface area (Å²) in [6.07, 6.45) is -4.67. The molecule has 7 nitrogen and oxygen atoms in total. The molecule has 1 fully saturated rings. The number of hydrogen-bond donors (Lipinski definition) is 3. The van der Waals surface area contributed by atoms with Crippen molar-refractivity contribution >= 4 is 46.6 Å². The third-order valence-corrected chi connectivity index (χ3v) is 7.56. The lowest BCUT2D eigenvalue weighted by molar-refractivity contribution is -0.141. The van der Waals surface area contributed by atoms with Gasteiger partial charge in [-0.25, -0.2) is 9.67 Å². The van der Waals surface area contributed by atoms with Gasteiger partial charge in [-0.3, -0.25) is 10.1 Å². The second-order valence-electron chi connectivity index (χ2n) is 8.37.